The number of halogens is 1. The molecule has 0 aromatic carbocycles. The van der Waals surface area contributed by atoms with Crippen molar-refractivity contribution in [3.05, 3.63) is 29.0 Å². The van der Waals surface area contributed by atoms with Crippen molar-refractivity contribution >= 4 is 17.5 Å². The topological polar surface area (TPSA) is 62.2 Å². The molecule has 98 valence electrons. The van der Waals surface area contributed by atoms with E-state index >= 15 is 0 Å². The minimum Gasteiger partial charge on any atom is -0.396 e. The second kappa shape index (κ2) is 5.24. The van der Waals surface area contributed by atoms with Crippen LogP contribution in [-0.4, -0.2) is 28.6 Å². The Balaban J connectivity index is 2.08. The van der Waals surface area contributed by atoms with Crippen LogP contribution in [0.2, 0.25) is 5.02 Å². The van der Waals surface area contributed by atoms with Gasteiger partial charge in [0.1, 0.15) is 5.69 Å². The summed E-state index contributed by atoms with van der Waals surface area (Å²) in [5.74, 6) is -0.232. The fourth-order valence-corrected chi connectivity index (χ4v) is 2.59. The lowest BCUT2D eigenvalue weighted by Gasteiger charge is -2.29. The minimum atomic E-state index is -0.232. The molecule has 1 amide bonds. The first-order valence-electron chi connectivity index (χ1n) is 6.08. The van der Waals surface area contributed by atoms with E-state index in [0.717, 1.165) is 19.3 Å². The Hall–Kier alpha value is -1.13. The monoisotopic (exact) mass is 268 g/mol. The number of aliphatic hydroxyl groups excluding tert-OH is 1. The van der Waals surface area contributed by atoms with Gasteiger partial charge in [-0.2, -0.15) is 0 Å². The quantitative estimate of drug-likeness (QED) is 0.882. The van der Waals surface area contributed by atoms with Crippen molar-refractivity contribution in [3.8, 4) is 0 Å². The number of carbonyl (C=O) groups excluding carboxylic acids is 1. The summed E-state index contributed by atoms with van der Waals surface area (Å²) in [5.41, 5.74) is 0.0866. The lowest BCUT2D eigenvalue weighted by Crippen LogP contribution is -2.44. The maximum Gasteiger partial charge on any atom is 0.270 e. The van der Waals surface area contributed by atoms with Gasteiger partial charge in [0.15, 0.2) is 0 Å². The Bertz CT molecular complexity index is 452. The van der Waals surface area contributed by atoms with Crippen molar-refractivity contribution in [2.24, 2.45) is 5.41 Å². The maximum atomic E-state index is 12.0. The molecule has 1 aliphatic carbocycles. The van der Waals surface area contributed by atoms with E-state index in [1.54, 1.807) is 12.1 Å². The van der Waals surface area contributed by atoms with Gasteiger partial charge in [-0.1, -0.05) is 24.9 Å². The Kier molecular flexibility index (Phi) is 3.88. The molecule has 0 aliphatic heterocycles. The second-order valence-corrected chi connectivity index (χ2v) is 5.53. The van der Waals surface area contributed by atoms with E-state index in [4.69, 9.17) is 11.6 Å². The Morgan fingerprint density at radius 2 is 2.50 bits per heavy atom. The largest absolute Gasteiger partial charge is 0.396 e. The summed E-state index contributed by atoms with van der Waals surface area (Å²) < 4.78 is 0. The van der Waals surface area contributed by atoms with E-state index in [2.05, 4.69) is 10.3 Å². The molecule has 1 aromatic rings. The summed E-state index contributed by atoms with van der Waals surface area (Å²) in [5, 5.41) is 12.9. The maximum absolute atomic E-state index is 12.0. The number of nitrogens with zero attached hydrogens (tertiary/aromatic N) is 1. The Morgan fingerprint density at radius 3 is 3.17 bits per heavy atom. The number of hydrogen-bond acceptors (Lipinski definition) is 3. The van der Waals surface area contributed by atoms with Crippen molar-refractivity contribution in [2.75, 3.05) is 6.61 Å². The van der Waals surface area contributed by atoms with E-state index in [0.29, 0.717) is 10.7 Å². The normalized spacial score (nSPS) is 27.2. The van der Waals surface area contributed by atoms with E-state index < -0.39 is 0 Å². The molecule has 2 rings (SSSR count). The summed E-state index contributed by atoms with van der Waals surface area (Å²) in [6, 6.07) is 3.17. The van der Waals surface area contributed by atoms with Gasteiger partial charge in [0.05, 0.1) is 6.61 Å². The van der Waals surface area contributed by atoms with Crippen LogP contribution >= 0.6 is 11.6 Å². The first kappa shape index (κ1) is 13.3. The molecule has 0 saturated heterocycles. The highest BCUT2D eigenvalue weighted by atomic mass is 35.5. The molecule has 1 aliphatic rings. The standard InChI is InChI=1S/C13H17ClN2O2/c1-13(8-17)5-2-3-11(13)16-12(18)10-7-9(14)4-6-15-10/h4,6-7,11,17H,2-3,5,8H2,1H3,(H,16,18). The SMILES string of the molecule is CC1(CO)CCCC1NC(=O)c1cc(Cl)ccn1. The van der Waals surface area contributed by atoms with Crippen LogP contribution in [-0.2, 0) is 0 Å². The predicted molar refractivity (Wildman–Crippen MR) is 69.5 cm³/mol. The summed E-state index contributed by atoms with van der Waals surface area (Å²) in [7, 11) is 0. The fourth-order valence-electron chi connectivity index (χ4n) is 2.43. The third-order valence-electron chi connectivity index (χ3n) is 3.70. The number of carbonyl (C=O) groups is 1. The molecule has 2 N–H and O–H groups in total. The average molecular weight is 269 g/mol. The van der Waals surface area contributed by atoms with Gasteiger partial charge in [-0.15, -0.1) is 0 Å². The molecule has 1 saturated carbocycles. The van der Waals surface area contributed by atoms with Crippen molar-refractivity contribution in [1.82, 2.24) is 10.3 Å². The van der Waals surface area contributed by atoms with Crippen molar-refractivity contribution in [3.63, 3.8) is 0 Å². The molecular formula is C13H17ClN2O2. The lowest BCUT2D eigenvalue weighted by molar-refractivity contribution is 0.0826. The molecule has 0 bridgehead atoms. The number of aromatic nitrogens is 1. The van der Waals surface area contributed by atoms with Crippen molar-refractivity contribution < 1.29 is 9.90 Å². The second-order valence-electron chi connectivity index (χ2n) is 5.09. The van der Waals surface area contributed by atoms with Crippen LogP contribution in [0.4, 0.5) is 0 Å². The van der Waals surface area contributed by atoms with Gasteiger partial charge in [0, 0.05) is 22.7 Å². The molecule has 2 unspecified atom stereocenters. The van der Waals surface area contributed by atoms with Gasteiger partial charge in [-0.05, 0) is 25.0 Å². The van der Waals surface area contributed by atoms with Crippen LogP contribution in [0.3, 0.4) is 0 Å². The molecule has 5 heteroatoms. The van der Waals surface area contributed by atoms with Crippen LogP contribution < -0.4 is 5.32 Å². The van der Waals surface area contributed by atoms with Crippen molar-refractivity contribution in [2.45, 2.75) is 32.2 Å². The van der Waals surface area contributed by atoms with Gasteiger partial charge in [-0.3, -0.25) is 9.78 Å². The molecule has 4 nitrogen and oxygen atoms in total. The number of hydrogen-bond donors (Lipinski definition) is 2. The zero-order chi connectivity index (χ0) is 13.2. The van der Waals surface area contributed by atoms with E-state index in [9.17, 15) is 9.90 Å². The van der Waals surface area contributed by atoms with Gasteiger partial charge in [0.2, 0.25) is 0 Å². The van der Waals surface area contributed by atoms with Crippen LogP contribution in [0.5, 0.6) is 0 Å². The van der Waals surface area contributed by atoms with Gasteiger partial charge >= 0.3 is 0 Å². The number of nitrogens with one attached hydrogen (secondary N) is 1. The van der Waals surface area contributed by atoms with Crippen LogP contribution in [0.25, 0.3) is 0 Å². The summed E-state index contributed by atoms with van der Waals surface area (Å²) in [6.07, 6.45) is 4.35. The Morgan fingerprint density at radius 1 is 1.72 bits per heavy atom. The molecule has 2 atom stereocenters. The van der Waals surface area contributed by atoms with Gasteiger partial charge in [0.25, 0.3) is 5.91 Å². The number of pyridine rings is 1. The summed E-state index contributed by atoms with van der Waals surface area (Å²) in [6.45, 7) is 2.08. The molecule has 18 heavy (non-hydrogen) atoms. The third kappa shape index (κ3) is 2.65. The van der Waals surface area contributed by atoms with Gasteiger partial charge < -0.3 is 10.4 Å². The average Bonchev–Trinajstić information content (AvgIpc) is 2.72. The van der Waals surface area contributed by atoms with E-state index in [-0.39, 0.29) is 24.0 Å². The van der Waals surface area contributed by atoms with Crippen LogP contribution in [0.15, 0.2) is 18.3 Å². The zero-order valence-corrected chi connectivity index (χ0v) is 11.1. The van der Waals surface area contributed by atoms with Crippen LogP contribution in [0.1, 0.15) is 36.7 Å². The molecule has 1 aromatic heterocycles. The molecular weight excluding hydrogens is 252 g/mol. The molecule has 0 spiro atoms. The van der Waals surface area contributed by atoms with E-state index in [1.807, 2.05) is 6.92 Å². The highest BCUT2D eigenvalue weighted by Gasteiger charge is 2.39. The van der Waals surface area contributed by atoms with E-state index in [1.165, 1.54) is 6.20 Å². The highest BCUT2D eigenvalue weighted by molar-refractivity contribution is 6.30. The highest BCUT2D eigenvalue weighted by Crippen LogP contribution is 2.37. The smallest absolute Gasteiger partial charge is 0.270 e. The molecule has 1 heterocycles. The van der Waals surface area contributed by atoms with Gasteiger partial charge in [-0.25, -0.2) is 0 Å². The van der Waals surface area contributed by atoms with Crippen LogP contribution in [0, 0.1) is 5.41 Å². The fraction of sp³-hybridized carbons (Fsp3) is 0.538. The molecule has 0 radical (unpaired) electrons. The van der Waals surface area contributed by atoms with Crippen molar-refractivity contribution in [1.29, 1.82) is 0 Å². The lowest BCUT2D eigenvalue weighted by atomic mass is 9.86. The molecule has 1 fully saturated rings. The zero-order valence-electron chi connectivity index (χ0n) is 10.3. The number of amides is 1. The minimum absolute atomic E-state index is 0.00391. The Labute approximate surface area is 111 Å². The first-order valence-corrected chi connectivity index (χ1v) is 6.46. The summed E-state index contributed by atoms with van der Waals surface area (Å²) in [4.78, 5) is 16.0. The number of aliphatic hydroxyl groups is 1. The summed E-state index contributed by atoms with van der Waals surface area (Å²) >= 11 is 5.83. The third-order valence-corrected chi connectivity index (χ3v) is 3.94. The number of rotatable bonds is 3. The first-order chi connectivity index (χ1) is 8.55. The predicted octanol–water partition coefficient (Wildman–Crippen LogP) is 2.02.